The van der Waals surface area contributed by atoms with Gasteiger partial charge in [-0.25, -0.2) is 21.9 Å². The fourth-order valence-electron chi connectivity index (χ4n) is 3.11. The van der Waals surface area contributed by atoms with Crippen LogP contribution in [0, 0.1) is 55.3 Å². The average molecular weight is 1130 g/mol. The minimum absolute atomic E-state index is 0. The second kappa shape index (κ2) is 44.1. The number of allylic oxidation sites excluding steroid dienone is 2. The third-order valence-corrected chi connectivity index (χ3v) is 12.1. The molecular weight excluding hydrogens is 1000 g/mol. The molecule has 0 saturated heterocycles. The molecule has 2 rings (SSSR count). The Labute approximate surface area is 429 Å². The number of alkyl halides is 2. The van der Waals surface area contributed by atoms with Crippen LogP contribution in [0.5, 0.6) is 0 Å². The first-order chi connectivity index (χ1) is 26.1. The van der Waals surface area contributed by atoms with E-state index in [1.807, 2.05) is 27.7 Å². The van der Waals surface area contributed by atoms with Gasteiger partial charge in [0.25, 0.3) is 5.92 Å². The Bertz CT molecular complexity index is 1060. The topological polar surface area (TPSA) is 64.6 Å². The van der Waals surface area contributed by atoms with E-state index in [1.165, 1.54) is 33.1 Å². The monoisotopic (exact) mass is 1130 g/mol. The molecule has 401 valence electrons. The molecule has 0 aromatic heterocycles. The summed E-state index contributed by atoms with van der Waals surface area (Å²) >= 11 is 0. The molecule has 10 heteroatoms. The van der Waals surface area contributed by atoms with Crippen LogP contribution in [0.15, 0.2) is 12.2 Å². The molecule has 2 aliphatic rings. The van der Waals surface area contributed by atoms with Crippen molar-refractivity contribution in [2.75, 3.05) is 0 Å². The van der Waals surface area contributed by atoms with Crippen molar-refractivity contribution in [3.63, 3.8) is 0 Å². The second-order valence-electron chi connectivity index (χ2n) is 22.9. The van der Waals surface area contributed by atoms with E-state index in [1.54, 1.807) is 6.08 Å². The average Bonchev–Trinajstić information content (AvgIpc) is 3.88. The van der Waals surface area contributed by atoms with Gasteiger partial charge < -0.3 is 24.3 Å². The van der Waals surface area contributed by atoms with Crippen LogP contribution >= 0.6 is 0 Å². The maximum atomic E-state index is 12.9. The Kier molecular flexibility index (Phi) is 62.1. The maximum Gasteiger partial charge on any atom is 2.00 e. The number of rotatable bonds is 12. The Morgan fingerprint density at radius 2 is 0.831 bits per heavy atom. The Morgan fingerprint density at radius 1 is 0.569 bits per heavy atom. The second-order valence-corrected chi connectivity index (χ2v) is 24.9. The largest absolute Gasteiger partial charge is 2.00 e. The minimum Gasteiger partial charge on any atom is -0.370 e. The van der Waals surface area contributed by atoms with Crippen molar-refractivity contribution in [1.82, 2.24) is 4.72 Å². The molecule has 1 N–H and O–H groups in total. The maximum absolute atomic E-state index is 12.9. The first-order valence-corrected chi connectivity index (χ1v) is 25.1. The van der Waals surface area contributed by atoms with E-state index in [4.69, 9.17) is 9.47 Å². The Hall–Kier alpha value is 0.183. The van der Waals surface area contributed by atoms with Crippen LogP contribution < -0.4 is 4.72 Å². The Balaban J connectivity index is -0.0000000592. The van der Waals surface area contributed by atoms with Crippen molar-refractivity contribution in [3.8, 4) is 0 Å². The van der Waals surface area contributed by atoms with Crippen molar-refractivity contribution in [2.24, 2.45) is 40.4 Å². The van der Waals surface area contributed by atoms with Crippen LogP contribution in [-0.4, -0.2) is 57.5 Å². The molecule has 2 saturated carbocycles. The van der Waals surface area contributed by atoms with Crippen LogP contribution in [-0.2, 0) is 40.6 Å². The molecule has 0 bridgehead atoms. The fourth-order valence-corrected chi connectivity index (χ4v) is 4.72. The number of halogens is 2. The van der Waals surface area contributed by atoms with Gasteiger partial charge in [-0.2, -0.15) is 0 Å². The van der Waals surface area contributed by atoms with Gasteiger partial charge in [0.15, 0.2) is 0 Å². The molecule has 65 heavy (non-hydrogen) atoms. The minimum atomic E-state index is -2.94. The van der Waals surface area contributed by atoms with Crippen molar-refractivity contribution < 1.29 is 47.7 Å². The molecular formula is C55H123BF2NO4SW. The standard InChI is InChI=1S/C12H24O2.C10H18F2.C8H18.C6H13NO2S.3C5H12.2CH4.2CH3.B.W/c1-11(2,3)13-9-7-8-10(9)14-12(4,5)6;1-8(2)6-5-7-10(11,12)9(3)4;1-7(2,3)8(4,5)6;1-5(2)7-10(8,9)6-3-4-6;3*1-4-5(2)3;;;;;;/h9-10H,7-8H2,1-6H3;5,7-9H,6H2,1-4H3;1-6H3;5-7H,3-4H2,1-2H3;3*5H,4H2,1-3H3;2*1H4;2*1H3;;/q;;;;;;;;;2*-1;;+2/b;7-5+;;;;;;;;;;;/t9-,10-;;;;;;;;;;;;/m1............/s1. The molecule has 0 spiro atoms. The van der Waals surface area contributed by atoms with Gasteiger partial charge in [0, 0.05) is 20.4 Å². The predicted octanol–water partition coefficient (Wildman–Crippen LogP) is 18.5. The van der Waals surface area contributed by atoms with E-state index in [2.05, 4.69) is 150 Å². The Morgan fingerprint density at radius 3 is 0.969 bits per heavy atom. The molecule has 0 heterocycles. The van der Waals surface area contributed by atoms with Crippen LogP contribution in [0.1, 0.15) is 253 Å². The van der Waals surface area contributed by atoms with E-state index in [0.717, 1.165) is 55.9 Å². The van der Waals surface area contributed by atoms with E-state index in [0.29, 0.717) is 29.0 Å². The van der Waals surface area contributed by atoms with Gasteiger partial charge in [-0.15, -0.1) is 0 Å². The summed E-state index contributed by atoms with van der Waals surface area (Å²) in [6.45, 7) is 56.9. The van der Waals surface area contributed by atoms with E-state index in [9.17, 15) is 17.2 Å². The number of sulfonamides is 1. The van der Waals surface area contributed by atoms with Crippen LogP contribution in [0.4, 0.5) is 8.78 Å². The van der Waals surface area contributed by atoms with E-state index in [-0.39, 0.29) is 81.7 Å². The van der Waals surface area contributed by atoms with Crippen molar-refractivity contribution in [2.45, 2.75) is 294 Å². The number of ether oxygens (including phenoxy) is 2. The summed E-state index contributed by atoms with van der Waals surface area (Å²) < 4.78 is 62.4. The van der Waals surface area contributed by atoms with Gasteiger partial charge in [0.05, 0.1) is 28.7 Å². The van der Waals surface area contributed by atoms with Crippen LogP contribution in [0.3, 0.4) is 0 Å². The SMILES string of the molecule is C.C.CC(C)(C)C(C)(C)C.CC(C)(C)O[C@@H]1CC[C@H]1OC(C)(C)C.CC(C)C/C=C/C(F)(F)C(C)C.CC(C)NS(=O)(=O)C1CC1.CCC(C)C.CCC(C)C.CCC(C)C.[B].[CH3-].[CH3-].[W+2]. The summed E-state index contributed by atoms with van der Waals surface area (Å²) in [5.41, 5.74) is 0.773. The molecule has 2 fully saturated rings. The quantitative estimate of drug-likeness (QED) is 0.120. The summed E-state index contributed by atoms with van der Waals surface area (Å²) in [6, 6.07) is 0.0330. The van der Waals surface area contributed by atoms with Gasteiger partial charge in [0.2, 0.25) is 10.0 Å². The number of hydrogen-bond acceptors (Lipinski definition) is 4. The molecule has 0 amide bonds. The molecule has 2 atom stereocenters. The van der Waals surface area contributed by atoms with Crippen molar-refractivity contribution in [3.05, 3.63) is 27.0 Å². The normalized spacial score (nSPS) is 15.7. The van der Waals surface area contributed by atoms with Gasteiger partial charge in [-0.3, -0.25) is 0 Å². The van der Waals surface area contributed by atoms with Gasteiger partial charge in [0.1, 0.15) is 0 Å². The summed E-state index contributed by atoms with van der Waals surface area (Å²) in [4.78, 5) is 0. The first kappa shape index (κ1) is 91.5. The molecule has 0 aliphatic heterocycles. The van der Waals surface area contributed by atoms with Gasteiger partial charge in [-0.1, -0.05) is 172 Å². The smallest absolute Gasteiger partial charge is 0.370 e. The molecule has 0 aromatic carbocycles. The molecule has 3 radical (unpaired) electrons. The zero-order valence-electron chi connectivity index (χ0n) is 47.8. The first-order valence-electron chi connectivity index (χ1n) is 23.5. The van der Waals surface area contributed by atoms with E-state index < -0.39 is 21.9 Å². The zero-order chi connectivity index (χ0) is 48.4. The summed E-state index contributed by atoms with van der Waals surface area (Å²) in [7, 11) is -2.94. The van der Waals surface area contributed by atoms with Crippen molar-refractivity contribution in [1.29, 1.82) is 0 Å². The molecule has 0 unspecified atom stereocenters. The molecule has 5 nitrogen and oxygen atoms in total. The van der Waals surface area contributed by atoms with Crippen molar-refractivity contribution >= 4 is 18.4 Å². The predicted molar refractivity (Wildman–Crippen MR) is 293 cm³/mol. The molecule has 0 aromatic rings. The van der Waals surface area contributed by atoms with E-state index >= 15 is 0 Å². The van der Waals surface area contributed by atoms with Crippen LogP contribution in [0.2, 0.25) is 0 Å². The van der Waals surface area contributed by atoms with Gasteiger partial charge >= 0.3 is 21.1 Å². The zero-order valence-corrected chi connectivity index (χ0v) is 51.5. The molecule has 2 aliphatic carbocycles. The fraction of sp³-hybridized carbons (Fsp3) is 0.927. The number of hydrogen-bond donors (Lipinski definition) is 1. The van der Waals surface area contributed by atoms with Gasteiger partial charge in [-0.05, 0) is 128 Å². The number of nitrogens with one attached hydrogen (secondary N) is 1. The third kappa shape index (κ3) is 66.3. The summed E-state index contributed by atoms with van der Waals surface area (Å²) in [5.74, 6) is -0.153. The third-order valence-electron chi connectivity index (χ3n) is 9.94. The summed E-state index contributed by atoms with van der Waals surface area (Å²) in [5, 5.41) is -0.0881. The summed E-state index contributed by atoms with van der Waals surface area (Å²) in [6.07, 6.45) is 11.8. The van der Waals surface area contributed by atoms with Crippen LogP contribution in [0.25, 0.3) is 0 Å².